The van der Waals surface area contributed by atoms with Gasteiger partial charge in [-0.25, -0.2) is 4.98 Å². The summed E-state index contributed by atoms with van der Waals surface area (Å²) in [5, 5.41) is 2.90. The van der Waals surface area contributed by atoms with E-state index in [9.17, 15) is 4.79 Å². The van der Waals surface area contributed by atoms with Gasteiger partial charge in [-0.1, -0.05) is 6.07 Å². The van der Waals surface area contributed by atoms with Crippen LogP contribution in [0.15, 0.2) is 12.1 Å². The SMILES string of the molecule is Cc1nc(C(=O)NC2CC2)ccc1CN. The minimum Gasteiger partial charge on any atom is -0.348 e. The monoisotopic (exact) mass is 205 g/mol. The Morgan fingerprint density at radius 1 is 1.60 bits per heavy atom. The molecule has 1 aliphatic rings. The van der Waals surface area contributed by atoms with E-state index < -0.39 is 0 Å². The minimum absolute atomic E-state index is 0.0795. The maximum absolute atomic E-state index is 11.6. The molecule has 2 rings (SSSR count). The number of carbonyl (C=O) groups excluding carboxylic acids is 1. The van der Waals surface area contributed by atoms with Crippen molar-refractivity contribution in [3.8, 4) is 0 Å². The van der Waals surface area contributed by atoms with E-state index in [0.717, 1.165) is 24.1 Å². The molecule has 1 aromatic rings. The Kier molecular flexibility index (Phi) is 2.68. The van der Waals surface area contributed by atoms with E-state index in [1.807, 2.05) is 13.0 Å². The summed E-state index contributed by atoms with van der Waals surface area (Å²) in [5.41, 5.74) is 7.83. The molecule has 1 aromatic heterocycles. The number of carbonyl (C=O) groups is 1. The van der Waals surface area contributed by atoms with E-state index in [-0.39, 0.29) is 5.91 Å². The average Bonchev–Trinajstić information content (AvgIpc) is 3.01. The lowest BCUT2D eigenvalue weighted by molar-refractivity contribution is 0.0946. The van der Waals surface area contributed by atoms with Crippen LogP contribution in [0.1, 0.15) is 34.6 Å². The van der Waals surface area contributed by atoms with E-state index in [2.05, 4.69) is 10.3 Å². The second-order valence-electron chi connectivity index (χ2n) is 3.89. The van der Waals surface area contributed by atoms with Crippen molar-refractivity contribution in [3.05, 3.63) is 29.1 Å². The molecule has 3 N–H and O–H groups in total. The van der Waals surface area contributed by atoms with Crippen LogP contribution in [0.25, 0.3) is 0 Å². The summed E-state index contributed by atoms with van der Waals surface area (Å²) >= 11 is 0. The van der Waals surface area contributed by atoms with Crippen molar-refractivity contribution < 1.29 is 4.79 Å². The summed E-state index contributed by atoms with van der Waals surface area (Å²) in [6.07, 6.45) is 2.18. The minimum atomic E-state index is -0.0795. The molecule has 1 heterocycles. The van der Waals surface area contributed by atoms with Crippen LogP contribution in [0, 0.1) is 6.92 Å². The van der Waals surface area contributed by atoms with Gasteiger partial charge in [-0.05, 0) is 31.4 Å². The van der Waals surface area contributed by atoms with Crippen molar-refractivity contribution in [2.24, 2.45) is 5.73 Å². The Bertz CT molecular complexity index is 385. The largest absolute Gasteiger partial charge is 0.348 e. The quantitative estimate of drug-likeness (QED) is 0.764. The molecule has 0 aromatic carbocycles. The van der Waals surface area contributed by atoms with Gasteiger partial charge in [0.1, 0.15) is 5.69 Å². The second kappa shape index (κ2) is 3.98. The van der Waals surface area contributed by atoms with Crippen molar-refractivity contribution in [2.75, 3.05) is 0 Å². The fourth-order valence-electron chi connectivity index (χ4n) is 1.42. The van der Waals surface area contributed by atoms with Crippen molar-refractivity contribution >= 4 is 5.91 Å². The molecule has 1 aliphatic carbocycles. The van der Waals surface area contributed by atoms with Crippen molar-refractivity contribution in [1.29, 1.82) is 0 Å². The maximum atomic E-state index is 11.6. The molecule has 15 heavy (non-hydrogen) atoms. The Labute approximate surface area is 88.9 Å². The molecule has 1 amide bonds. The molecule has 1 saturated carbocycles. The maximum Gasteiger partial charge on any atom is 0.270 e. The molecule has 0 atom stereocenters. The van der Waals surface area contributed by atoms with Gasteiger partial charge in [0, 0.05) is 18.3 Å². The van der Waals surface area contributed by atoms with Crippen molar-refractivity contribution in [2.45, 2.75) is 32.4 Å². The van der Waals surface area contributed by atoms with Crippen LogP contribution in [0.4, 0.5) is 0 Å². The average molecular weight is 205 g/mol. The third-order valence-corrected chi connectivity index (χ3v) is 2.56. The van der Waals surface area contributed by atoms with Crippen LogP contribution >= 0.6 is 0 Å². The number of hydrogen-bond donors (Lipinski definition) is 2. The summed E-state index contributed by atoms with van der Waals surface area (Å²) in [5.74, 6) is -0.0795. The zero-order valence-corrected chi connectivity index (χ0v) is 8.79. The highest BCUT2D eigenvalue weighted by atomic mass is 16.2. The highest BCUT2D eigenvalue weighted by Crippen LogP contribution is 2.19. The van der Waals surface area contributed by atoms with Crippen LogP contribution in [-0.2, 0) is 6.54 Å². The van der Waals surface area contributed by atoms with Crippen LogP contribution in [-0.4, -0.2) is 16.9 Å². The number of rotatable bonds is 3. The van der Waals surface area contributed by atoms with E-state index >= 15 is 0 Å². The molecule has 0 radical (unpaired) electrons. The molecule has 0 saturated heterocycles. The first kappa shape index (κ1) is 10.1. The highest BCUT2D eigenvalue weighted by Gasteiger charge is 2.24. The fourth-order valence-corrected chi connectivity index (χ4v) is 1.42. The number of nitrogens with one attached hydrogen (secondary N) is 1. The van der Waals surface area contributed by atoms with Crippen LogP contribution in [0.5, 0.6) is 0 Å². The molecular weight excluding hydrogens is 190 g/mol. The van der Waals surface area contributed by atoms with Crippen LogP contribution in [0.2, 0.25) is 0 Å². The first-order chi connectivity index (χ1) is 7.20. The molecule has 1 fully saturated rings. The molecule has 4 nitrogen and oxygen atoms in total. The number of hydrogen-bond acceptors (Lipinski definition) is 3. The zero-order valence-electron chi connectivity index (χ0n) is 8.79. The van der Waals surface area contributed by atoms with E-state index in [4.69, 9.17) is 5.73 Å². The number of pyridine rings is 1. The first-order valence-electron chi connectivity index (χ1n) is 5.18. The molecule has 4 heteroatoms. The number of aromatic nitrogens is 1. The number of amides is 1. The van der Waals surface area contributed by atoms with Crippen LogP contribution < -0.4 is 11.1 Å². The van der Waals surface area contributed by atoms with Gasteiger partial charge >= 0.3 is 0 Å². The fraction of sp³-hybridized carbons (Fsp3) is 0.455. The number of aryl methyl sites for hydroxylation is 1. The van der Waals surface area contributed by atoms with E-state index in [0.29, 0.717) is 18.3 Å². The predicted octanol–water partition coefficient (Wildman–Crippen LogP) is 0.741. The Morgan fingerprint density at radius 3 is 2.87 bits per heavy atom. The Balaban J connectivity index is 2.13. The summed E-state index contributed by atoms with van der Waals surface area (Å²) in [6.45, 7) is 2.33. The molecular formula is C11H15N3O. The normalized spacial score (nSPS) is 15.1. The third-order valence-electron chi connectivity index (χ3n) is 2.56. The number of nitrogens with two attached hydrogens (primary N) is 1. The lowest BCUT2D eigenvalue weighted by Crippen LogP contribution is -2.26. The van der Waals surface area contributed by atoms with E-state index in [1.165, 1.54) is 0 Å². The molecule has 80 valence electrons. The lowest BCUT2D eigenvalue weighted by Gasteiger charge is -2.06. The zero-order chi connectivity index (χ0) is 10.8. The summed E-state index contributed by atoms with van der Waals surface area (Å²) in [6, 6.07) is 3.96. The topological polar surface area (TPSA) is 68.0 Å². The molecule has 0 unspecified atom stereocenters. The van der Waals surface area contributed by atoms with E-state index in [1.54, 1.807) is 6.07 Å². The standard InChI is InChI=1S/C11H15N3O/c1-7-8(6-12)2-5-10(13-7)11(15)14-9-3-4-9/h2,5,9H,3-4,6,12H2,1H3,(H,14,15). The molecule has 0 aliphatic heterocycles. The van der Waals surface area contributed by atoms with Gasteiger partial charge in [-0.3, -0.25) is 4.79 Å². The smallest absolute Gasteiger partial charge is 0.270 e. The summed E-state index contributed by atoms with van der Waals surface area (Å²) in [4.78, 5) is 15.9. The molecule has 0 spiro atoms. The van der Waals surface area contributed by atoms with Gasteiger partial charge in [0.2, 0.25) is 0 Å². The predicted molar refractivity (Wildman–Crippen MR) is 57.4 cm³/mol. The van der Waals surface area contributed by atoms with Gasteiger partial charge in [0.15, 0.2) is 0 Å². The van der Waals surface area contributed by atoms with Gasteiger partial charge in [-0.2, -0.15) is 0 Å². The second-order valence-corrected chi connectivity index (χ2v) is 3.89. The van der Waals surface area contributed by atoms with Crippen molar-refractivity contribution in [1.82, 2.24) is 10.3 Å². The van der Waals surface area contributed by atoms with Crippen molar-refractivity contribution in [3.63, 3.8) is 0 Å². The Morgan fingerprint density at radius 2 is 2.33 bits per heavy atom. The third kappa shape index (κ3) is 2.33. The first-order valence-corrected chi connectivity index (χ1v) is 5.18. The highest BCUT2D eigenvalue weighted by molar-refractivity contribution is 5.92. The lowest BCUT2D eigenvalue weighted by atomic mass is 10.2. The van der Waals surface area contributed by atoms with Gasteiger partial charge in [0.05, 0.1) is 0 Å². The van der Waals surface area contributed by atoms with Gasteiger partial charge in [0.25, 0.3) is 5.91 Å². The number of nitrogens with zero attached hydrogens (tertiary/aromatic N) is 1. The van der Waals surface area contributed by atoms with Gasteiger partial charge < -0.3 is 11.1 Å². The molecule has 0 bridgehead atoms. The van der Waals surface area contributed by atoms with Crippen LogP contribution in [0.3, 0.4) is 0 Å². The summed E-state index contributed by atoms with van der Waals surface area (Å²) < 4.78 is 0. The van der Waals surface area contributed by atoms with Gasteiger partial charge in [-0.15, -0.1) is 0 Å². The summed E-state index contributed by atoms with van der Waals surface area (Å²) in [7, 11) is 0. The Hall–Kier alpha value is -1.42.